The van der Waals surface area contributed by atoms with Crippen LogP contribution in [0.2, 0.25) is 0 Å². The van der Waals surface area contributed by atoms with Crippen molar-refractivity contribution in [1.29, 1.82) is 0 Å². The first-order chi connectivity index (χ1) is 3.27. The zero-order chi connectivity index (χ0) is 5.70. The second kappa shape index (κ2) is 3.66. The molecule has 0 fully saturated rings. The Balaban J connectivity index is 3.14. The van der Waals surface area contributed by atoms with Crippen LogP contribution in [0, 0.1) is 6.92 Å². The monoisotopic (exact) mass is 95.1 g/mol. The SMILES string of the molecule is [CH2]/C=C/CC(=C)C. The lowest BCUT2D eigenvalue weighted by molar-refractivity contribution is 1.23. The Labute approximate surface area is 45.5 Å². The molecule has 0 aliphatic carbocycles. The van der Waals surface area contributed by atoms with Crippen LogP contribution in [0.5, 0.6) is 0 Å². The maximum Gasteiger partial charge on any atom is -0.0144 e. The molecule has 0 atom stereocenters. The van der Waals surface area contributed by atoms with Gasteiger partial charge in [0.15, 0.2) is 0 Å². The quantitative estimate of drug-likeness (QED) is 0.462. The van der Waals surface area contributed by atoms with Gasteiger partial charge in [-0.3, -0.25) is 0 Å². The first-order valence-electron chi connectivity index (χ1n) is 2.36. The second-order valence-electron chi connectivity index (χ2n) is 1.63. The van der Waals surface area contributed by atoms with Crippen LogP contribution >= 0.6 is 0 Å². The van der Waals surface area contributed by atoms with Crippen LogP contribution in [0.25, 0.3) is 0 Å². The molecule has 0 heteroatoms. The molecule has 0 bridgehead atoms. The van der Waals surface area contributed by atoms with Gasteiger partial charge in [-0.1, -0.05) is 24.3 Å². The molecule has 0 aromatic carbocycles. The summed E-state index contributed by atoms with van der Waals surface area (Å²) in [4.78, 5) is 0. The van der Waals surface area contributed by atoms with Gasteiger partial charge in [-0.15, -0.1) is 0 Å². The van der Waals surface area contributed by atoms with E-state index in [0.717, 1.165) is 6.42 Å². The predicted octanol–water partition coefficient (Wildman–Crippen LogP) is 2.34. The number of rotatable bonds is 2. The summed E-state index contributed by atoms with van der Waals surface area (Å²) in [6, 6.07) is 0. The van der Waals surface area contributed by atoms with Crippen molar-refractivity contribution in [1.82, 2.24) is 0 Å². The molecule has 0 nitrogen and oxygen atoms in total. The lowest BCUT2D eigenvalue weighted by atomic mass is 10.2. The standard InChI is InChI=1S/C7H11/c1-4-5-6-7(2)3/h4-5H,1-2,6H2,3H3/b5-4+. The van der Waals surface area contributed by atoms with Crippen molar-refractivity contribution >= 4 is 0 Å². The first kappa shape index (κ1) is 6.48. The summed E-state index contributed by atoms with van der Waals surface area (Å²) in [7, 11) is 0. The maximum absolute atomic E-state index is 3.71. The van der Waals surface area contributed by atoms with E-state index in [4.69, 9.17) is 0 Å². The van der Waals surface area contributed by atoms with Gasteiger partial charge < -0.3 is 0 Å². The van der Waals surface area contributed by atoms with Crippen LogP contribution in [0.1, 0.15) is 13.3 Å². The van der Waals surface area contributed by atoms with Crippen LogP contribution < -0.4 is 0 Å². The Morgan fingerprint density at radius 2 is 2.29 bits per heavy atom. The van der Waals surface area contributed by atoms with Crippen LogP contribution in [-0.4, -0.2) is 0 Å². The predicted molar refractivity (Wildman–Crippen MR) is 33.9 cm³/mol. The van der Waals surface area contributed by atoms with Gasteiger partial charge >= 0.3 is 0 Å². The van der Waals surface area contributed by atoms with Crippen molar-refractivity contribution in [3.8, 4) is 0 Å². The minimum absolute atomic E-state index is 0.962. The van der Waals surface area contributed by atoms with E-state index < -0.39 is 0 Å². The topological polar surface area (TPSA) is 0 Å². The van der Waals surface area contributed by atoms with Gasteiger partial charge in [-0.25, -0.2) is 0 Å². The third-order valence-electron chi connectivity index (χ3n) is 0.633. The highest BCUT2D eigenvalue weighted by Crippen LogP contribution is 1.94. The molecule has 0 heterocycles. The van der Waals surface area contributed by atoms with Crippen LogP contribution in [0.15, 0.2) is 24.3 Å². The van der Waals surface area contributed by atoms with Gasteiger partial charge in [0.25, 0.3) is 0 Å². The van der Waals surface area contributed by atoms with Gasteiger partial charge in [-0.05, 0) is 20.3 Å². The molecule has 0 aliphatic rings. The molecule has 0 saturated heterocycles. The molecule has 0 saturated carbocycles. The third kappa shape index (κ3) is 5.48. The number of hydrogen-bond acceptors (Lipinski definition) is 0. The molecule has 39 valence electrons. The van der Waals surface area contributed by atoms with E-state index in [9.17, 15) is 0 Å². The zero-order valence-corrected chi connectivity index (χ0v) is 4.78. The van der Waals surface area contributed by atoms with Gasteiger partial charge in [0.2, 0.25) is 0 Å². The van der Waals surface area contributed by atoms with Crippen molar-refractivity contribution in [3.05, 3.63) is 31.2 Å². The molecule has 0 unspecified atom stereocenters. The summed E-state index contributed by atoms with van der Waals surface area (Å²) in [5.74, 6) is 0. The molecule has 0 aromatic heterocycles. The smallest absolute Gasteiger partial charge is 0.0144 e. The van der Waals surface area contributed by atoms with Crippen molar-refractivity contribution in [2.24, 2.45) is 0 Å². The summed E-state index contributed by atoms with van der Waals surface area (Å²) in [6.07, 6.45) is 4.74. The Kier molecular flexibility index (Phi) is 3.39. The van der Waals surface area contributed by atoms with Gasteiger partial charge in [0.1, 0.15) is 0 Å². The third-order valence-corrected chi connectivity index (χ3v) is 0.633. The van der Waals surface area contributed by atoms with E-state index in [1.807, 2.05) is 13.0 Å². The molecule has 7 heavy (non-hydrogen) atoms. The normalized spacial score (nSPS) is 10.0. The van der Waals surface area contributed by atoms with Crippen molar-refractivity contribution in [2.45, 2.75) is 13.3 Å². The van der Waals surface area contributed by atoms with E-state index in [1.165, 1.54) is 5.57 Å². The summed E-state index contributed by atoms with van der Waals surface area (Å²) in [5.41, 5.74) is 1.18. The fraction of sp³-hybridized carbons (Fsp3) is 0.286. The van der Waals surface area contributed by atoms with Gasteiger partial charge in [0, 0.05) is 0 Å². The van der Waals surface area contributed by atoms with Crippen molar-refractivity contribution in [2.75, 3.05) is 0 Å². The largest absolute Gasteiger partial charge is 0.0998 e. The lowest BCUT2D eigenvalue weighted by Gasteiger charge is -1.84. The average Bonchev–Trinajstić information content (AvgIpc) is 1.61. The molecule has 0 amide bonds. The van der Waals surface area contributed by atoms with Crippen molar-refractivity contribution < 1.29 is 0 Å². The minimum atomic E-state index is 0.962. The van der Waals surface area contributed by atoms with E-state index >= 15 is 0 Å². The highest BCUT2D eigenvalue weighted by Gasteiger charge is 1.73. The molecule has 0 spiro atoms. The maximum atomic E-state index is 3.71. The van der Waals surface area contributed by atoms with Crippen LogP contribution in [0.3, 0.4) is 0 Å². The molecular weight excluding hydrogens is 84.1 g/mol. The van der Waals surface area contributed by atoms with Crippen molar-refractivity contribution in [3.63, 3.8) is 0 Å². The Morgan fingerprint density at radius 1 is 1.71 bits per heavy atom. The van der Waals surface area contributed by atoms with Gasteiger partial charge in [0.05, 0.1) is 0 Å². The zero-order valence-electron chi connectivity index (χ0n) is 4.78. The fourth-order valence-corrected chi connectivity index (χ4v) is 0.285. The summed E-state index contributed by atoms with van der Waals surface area (Å²) in [6.45, 7) is 9.25. The number of hydrogen-bond donors (Lipinski definition) is 0. The second-order valence-corrected chi connectivity index (χ2v) is 1.63. The van der Waals surface area contributed by atoms with E-state index in [1.54, 1.807) is 6.08 Å². The Morgan fingerprint density at radius 3 is 2.43 bits per heavy atom. The van der Waals surface area contributed by atoms with E-state index in [-0.39, 0.29) is 0 Å². The molecule has 0 rings (SSSR count). The van der Waals surface area contributed by atoms with Crippen LogP contribution in [-0.2, 0) is 0 Å². The van der Waals surface area contributed by atoms with Gasteiger partial charge in [-0.2, -0.15) is 0 Å². The highest BCUT2D eigenvalue weighted by molar-refractivity contribution is 4.99. The minimum Gasteiger partial charge on any atom is -0.0998 e. The molecule has 0 aliphatic heterocycles. The molecule has 0 N–H and O–H groups in total. The Hall–Kier alpha value is -0.520. The summed E-state index contributed by atoms with van der Waals surface area (Å²) < 4.78 is 0. The molecule has 1 radical (unpaired) electrons. The average molecular weight is 95.2 g/mol. The summed E-state index contributed by atoms with van der Waals surface area (Å²) >= 11 is 0. The molecular formula is C7H11. The van der Waals surface area contributed by atoms with E-state index in [2.05, 4.69) is 13.5 Å². The van der Waals surface area contributed by atoms with Crippen LogP contribution in [0.4, 0.5) is 0 Å². The highest BCUT2D eigenvalue weighted by atomic mass is 13.8. The molecule has 0 aromatic rings. The lowest BCUT2D eigenvalue weighted by Crippen LogP contribution is -1.63. The summed E-state index contributed by atoms with van der Waals surface area (Å²) in [5, 5.41) is 0. The Bertz CT molecular complexity index is 78.0. The number of allylic oxidation sites excluding steroid dienone is 3. The van der Waals surface area contributed by atoms with E-state index in [0.29, 0.717) is 0 Å². The fourth-order valence-electron chi connectivity index (χ4n) is 0.285. The first-order valence-corrected chi connectivity index (χ1v) is 2.36.